The zero-order chi connectivity index (χ0) is 13.8. The van der Waals surface area contributed by atoms with Crippen molar-refractivity contribution in [2.45, 2.75) is 26.4 Å². The predicted molar refractivity (Wildman–Crippen MR) is 72.4 cm³/mol. The standard InChI is InChI=1S/C12H14N4O2.ClH/c1-12(2,3)18-11(17)16-10(14)8-5-4-6-15-9(8)7-13;/h4-6H,1-3H3,(H2,14,16,17);1H. The van der Waals surface area contributed by atoms with E-state index in [4.69, 9.17) is 15.4 Å². The van der Waals surface area contributed by atoms with Crippen LogP contribution in [0.2, 0.25) is 0 Å². The molecule has 19 heavy (non-hydrogen) atoms. The molecule has 0 saturated heterocycles. The Morgan fingerprint density at radius 2 is 2.16 bits per heavy atom. The Morgan fingerprint density at radius 3 is 2.68 bits per heavy atom. The highest BCUT2D eigenvalue weighted by atomic mass is 35.5. The number of hydrogen-bond acceptors (Lipinski definition) is 5. The molecule has 0 bridgehead atoms. The summed E-state index contributed by atoms with van der Waals surface area (Å²) in [5.74, 6) is -0.214. The molecule has 7 heteroatoms. The number of ether oxygens (including phenoxy) is 1. The average molecular weight is 283 g/mol. The van der Waals surface area contributed by atoms with Crippen LogP contribution in [0.15, 0.2) is 18.3 Å². The molecule has 1 aromatic rings. The number of nitriles is 1. The molecule has 0 radical (unpaired) electrons. The van der Waals surface area contributed by atoms with Gasteiger partial charge in [-0.25, -0.2) is 9.78 Å². The first-order chi connectivity index (χ1) is 8.33. The molecule has 0 fully saturated rings. The number of nitrogens with zero attached hydrogens (tertiary/aromatic N) is 2. The van der Waals surface area contributed by atoms with Gasteiger partial charge in [-0.15, -0.1) is 12.4 Å². The van der Waals surface area contributed by atoms with Gasteiger partial charge in [0.1, 0.15) is 17.5 Å². The van der Waals surface area contributed by atoms with E-state index in [9.17, 15) is 4.79 Å². The van der Waals surface area contributed by atoms with E-state index in [0.29, 0.717) is 0 Å². The number of aromatic nitrogens is 1. The fourth-order valence-electron chi connectivity index (χ4n) is 1.17. The summed E-state index contributed by atoms with van der Waals surface area (Å²) in [4.78, 5) is 15.3. The second-order valence-electron chi connectivity index (χ2n) is 4.51. The van der Waals surface area contributed by atoms with E-state index < -0.39 is 11.7 Å². The quantitative estimate of drug-likeness (QED) is 0.609. The molecule has 0 aliphatic rings. The fraction of sp³-hybridized carbons (Fsp3) is 0.333. The number of halogens is 1. The van der Waals surface area contributed by atoms with Gasteiger partial charge in [-0.2, -0.15) is 5.26 Å². The lowest BCUT2D eigenvalue weighted by Gasteiger charge is -2.19. The maximum atomic E-state index is 11.5. The first-order valence-corrected chi connectivity index (χ1v) is 5.27. The third kappa shape index (κ3) is 5.36. The summed E-state index contributed by atoms with van der Waals surface area (Å²) in [5.41, 5.74) is -0.304. The van der Waals surface area contributed by atoms with Crippen LogP contribution in [0.5, 0.6) is 0 Å². The average Bonchev–Trinajstić information content (AvgIpc) is 2.26. The van der Waals surface area contributed by atoms with Gasteiger partial charge in [0.05, 0.1) is 5.56 Å². The first-order valence-electron chi connectivity index (χ1n) is 5.27. The summed E-state index contributed by atoms with van der Waals surface area (Å²) in [7, 11) is 0. The number of amides is 1. The van der Waals surface area contributed by atoms with Gasteiger partial charge < -0.3 is 4.74 Å². The number of hydrogen-bond donors (Lipinski definition) is 2. The van der Waals surface area contributed by atoms with E-state index in [1.54, 1.807) is 26.8 Å². The molecule has 102 valence electrons. The van der Waals surface area contributed by atoms with Crippen LogP contribution in [0.25, 0.3) is 0 Å². The maximum absolute atomic E-state index is 11.5. The number of amidine groups is 1. The van der Waals surface area contributed by atoms with Crippen molar-refractivity contribution in [2.24, 2.45) is 0 Å². The summed E-state index contributed by atoms with van der Waals surface area (Å²) >= 11 is 0. The van der Waals surface area contributed by atoms with Gasteiger partial charge >= 0.3 is 6.09 Å². The van der Waals surface area contributed by atoms with E-state index in [1.807, 2.05) is 6.07 Å². The number of pyridine rings is 1. The third-order valence-corrected chi connectivity index (χ3v) is 1.81. The van der Waals surface area contributed by atoms with Gasteiger partial charge in [-0.3, -0.25) is 10.7 Å². The predicted octanol–water partition coefficient (Wildman–Crippen LogP) is 2.23. The van der Waals surface area contributed by atoms with Crippen LogP contribution >= 0.6 is 12.4 Å². The molecular formula is C12H15ClN4O2. The van der Waals surface area contributed by atoms with Crippen molar-refractivity contribution in [3.63, 3.8) is 0 Å². The largest absolute Gasteiger partial charge is 0.444 e. The Bertz CT molecular complexity index is 517. The Hall–Kier alpha value is -2.13. The Morgan fingerprint density at radius 1 is 1.53 bits per heavy atom. The molecule has 1 aromatic heterocycles. The maximum Gasteiger partial charge on any atom is 0.413 e. The fourth-order valence-corrected chi connectivity index (χ4v) is 1.17. The number of nitrogens with one attached hydrogen (secondary N) is 2. The van der Waals surface area contributed by atoms with Crippen LogP contribution in [0.4, 0.5) is 4.79 Å². The smallest absolute Gasteiger partial charge is 0.413 e. The highest BCUT2D eigenvalue weighted by Gasteiger charge is 2.18. The van der Waals surface area contributed by atoms with Crippen molar-refractivity contribution in [3.8, 4) is 6.07 Å². The van der Waals surface area contributed by atoms with Gasteiger partial charge in [0, 0.05) is 6.20 Å². The van der Waals surface area contributed by atoms with Crippen LogP contribution in [0.3, 0.4) is 0 Å². The van der Waals surface area contributed by atoms with Crippen molar-refractivity contribution < 1.29 is 9.53 Å². The monoisotopic (exact) mass is 282 g/mol. The molecule has 0 spiro atoms. The van der Waals surface area contributed by atoms with E-state index in [2.05, 4.69) is 10.3 Å². The molecule has 0 aliphatic carbocycles. The number of carbonyl (C=O) groups is 1. The minimum absolute atomic E-state index is 0. The van der Waals surface area contributed by atoms with Crippen LogP contribution in [0.1, 0.15) is 32.0 Å². The summed E-state index contributed by atoms with van der Waals surface area (Å²) in [5, 5.41) is 18.8. The molecule has 6 nitrogen and oxygen atoms in total. The molecule has 1 amide bonds. The first kappa shape index (κ1) is 16.9. The Labute approximate surface area is 117 Å². The second-order valence-corrected chi connectivity index (χ2v) is 4.51. The summed E-state index contributed by atoms with van der Waals surface area (Å²) < 4.78 is 5.01. The van der Waals surface area contributed by atoms with Gasteiger partial charge in [0.2, 0.25) is 0 Å². The second kappa shape index (κ2) is 6.71. The summed E-state index contributed by atoms with van der Waals surface area (Å²) in [6, 6.07) is 4.97. The Balaban J connectivity index is 0.00000324. The van der Waals surface area contributed by atoms with Crippen LogP contribution in [0, 0.1) is 16.7 Å². The number of rotatable bonds is 1. The SMILES string of the molecule is CC(C)(C)OC(=O)NC(=N)c1cccnc1C#N.Cl. The van der Waals surface area contributed by atoms with Gasteiger partial charge in [0.15, 0.2) is 5.69 Å². The van der Waals surface area contributed by atoms with Gasteiger partial charge in [-0.1, -0.05) is 0 Å². The van der Waals surface area contributed by atoms with Crippen molar-refractivity contribution in [1.29, 1.82) is 10.7 Å². The molecule has 0 atom stereocenters. The molecule has 0 aromatic carbocycles. The minimum Gasteiger partial charge on any atom is -0.444 e. The van der Waals surface area contributed by atoms with E-state index in [-0.39, 0.29) is 29.5 Å². The molecule has 0 aliphatic heterocycles. The van der Waals surface area contributed by atoms with Crippen LogP contribution < -0.4 is 5.32 Å². The van der Waals surface area contributed by atoms with E-state index in [0.717, 1.165) is 0 Å². The molecule has 1 rings (SSSR count). The molecule has 1 heterocycles. The topological polar surface area (TPSA) is 98.9 Å². The van der Waals surface area contributed by atoms with Crippen LogP contribution in [-0.2, 0) is 4.74 Å². The molecule has 0 unspecified atom stereocenters. The zero-order valence-electron chi connectivity index (χ0n) is 10.9. The Kier molecular flexibility index (Phi) is 5.96. The highest BCUT2D eigenvalue weighted by Crippen LogP contribution is 2.08. The number of alkyl carbamates (subject to hydrolysis) is 1. The van der Waals surface area contributed by atoms with Crippen molar-refractivity contribution in [1.82, 2.24) is 10.3 Å². The van der Waals surface area contributed by atoms with E-state index >= 15 is 0 Å². The van der Waals surface area contributed by atoms with Crippen molar-refractivity contribution in [2.75, 3.05) is 0 Å². The lowest BCUT2D eigenvalue weighted by atomic mass is 10.2. The highest BCUT2D eigenvalue weighted by molar-refractivity contribution is 6.05. The normalized spacial score (nSPS) is 9.79. The van der Waals surface area contributed by atoms with Gasteiger partial charge in [0.25, 0.3) is 0 Å². The third-order valence-electron chi connectivity index (χ3n) is 1.81. The minimum atomic E-state index is -0.736. The summed E-state index contributed by atoms with van der Waals surface area (Å²) in [6.07, 6.45) is 0.711. The lowest BCUT2D eigenvalue weighted by Crippen LogP contribution is -2.36. The zero-order valence-corrected chi connectivity index (χ0v) is 11.7. The molecule has 0 saturated carbocycles. The summed E-state index contributed by atoms with van der Waals surface area (Å²) in [6.45, 7) is 5.17. The molecular weight excluding hydrogens is 268 g/mol. The van der Waals surface area contributed by atoms with E-state index in [1.165, 1.54) is 12.3 Å². The molecule has 2 N–H and O–H groups in total. The van der Waals surface area contributed by atoms with Crippen molar-refractivity contribution >= 4 is 24.3 Å². The lowest BCUT2D eigenvalue weighted by molar-refractivity contribution is 0.0563. The van der Waals surface area contributed by atoms with Crippen molar-refractivity contribution in [3.05, 3.63) is 29.6 Å². The van der Waals surface area contributed by atoms with Gasteiger partial charge in [-0.05, 0) is 32.9 Å². The number of carbonyl (C=O) groups excluding carboxylic acids is 1. The van der Waals surface area contributed by atoms with Crippen LogP contribution in [-0.4, -0.2) is 22.5 Å².